The molecule has 1 fully saturated rings. The van der Waals surface area contributed by atoms with Crippen molar-refractivity contribution in [3.05, 3.63) is 60.6 Å². The highest BCUT2D eigenvalue weighted by Crippen LogP contribution is 2.32. The Balaban J connectivity index is 1.30. The van der Waals surface area contributed by atoms with Gasteiger partial charge < -0.3 is 29.8 Å². The Hall–Kier alpha value is -4.01. The fraction of sp³-hybridized carbons (Fsp3) is 0.320. The molecule has 9 nitrogen and oxygen atoms in total. The first kappa shape index (κ1) is 23.2. The fourth-order valence-electron chi connectivity index (χ4n) is 3.92. The molecule has 1 saturated carbocycles. The maximum Gasteiger partial charge on any atom is 0.407 e. The van der Waals surface area contributed by atoms with Crippen molar-refractivity contribution in [1.29, 1.82) is 0 Å². The first-order chi connectivity index (χ1) is 16.6. The molecule has 9 heteroatoms. The summed E-state index contributed by atoms with van der Waals surface area (Å²) in [6.07, 6.45) is 7.80. The topological polar surface area (TPSA) is 115 Å². The summed E-state index contributed by atoms with van der Waals surface area (Å²) in [6.45, 7) is 0.309. The summed E-state index contributed by atoms with van der Waals surface area (Å²) in [4.78, 5) is 28.5. The van der Waals surface area contributed by atoms with Gasteiger partial charge in [0.15, 0.2) is 12.2 Å². The lowest BCUT2D eigenvalue weighted by Gasteiger charge is -2.21. The van der Waals surface area contributed by atoms with Gasteiger partial charge in [0.2, 0.25) is 0 Å². The van der Waals surface area contributed by atoms with Gasteiger partial charge in [0.1, 0.15) is 11.9 Å². The van der Waals surface area contributed by atoms with Crippen LogP contribution in [0.2, 0.25) is 0 Å². The third-order valence-electron chi connectivity index (χ3n) is 5.60. The number of aromatic nitrogens is 1. The molecule has 3 amide bonds. The zero-order valence-electron chi connectivity index (χ0n) is 19.0. The molecule has 0 saturated heterocycles. The van der Waals surface area contributed by atoms with Crippen LogP contribution in [0.15, 0.2) is 59.5 Å². The summed E-state index contributed by atoms with van der Waals surface area (Å²) in [5.41, 5.74) is 2.73. The van der Waals surface area contributed by atoms with Crippen LogP contribution >= 0.6 is 0 Å². The molecule has 2 aromatic carbocycles. The summed E-state index contributed by atoms with van der Waals surface area (Å²) in [5.74, 6) is 1.11. The van der Waals surface area contributed by atoms with Crippen molar-refractivity contribution in [3.8, 4) is 17.1 Å². The minimum Gasteiger partial charge on any atom is -0.496 e. The van der Waals surface area contributed by atoms with Crippen molar-refractivity contribution in [2.75, 3.05) is 17.7 Å². The number of nitrogens with zero attached hydrogens (tertiary/aromatic N) is 1. The van der Waals surface area contributed by atoms with E-state index in [1.165, 1.54) is 12.8 Å². The van der Waals surface area contributed by atoms with Gasteiger partial charge >= 0.3 is 12.1 Å². The second-order valence-corrected chi connectivity index (χ2v) is 8.08. The number of amides is 3. The number of hydrogen-bond acceptors (Lipinski definition) is 6. The van der Waals surface area contributed by atoms with Crippen molar-refractivity contribution in [2.24, 2.45) is 0 Å². The molecule has 0 aliphatic heterocycles. The monoisotopic (exact) mass is 464 g/mol. The number of rotatable bonds is 7. The smallest absolute Gasteiger partial charge is 0.407 e. The van der Waals surface area contributed by atoms with Gasteiger partial charge in [-0.2, -0.15) is 0 Å². The highest BCUT2D eigenvalue weighted by molar-refractivity contribution is 6.00. The molecule has 0 spiro atoms. The lowest BCUT2D eigenvalue weighted by molar-refractivity contribution is 0.0750. The molecule has 34 heavy (non-hydrogen) atoms. The van der Waals surface area contributed by atoms with Crippen molar-refractivity contribution in [1.82, 2.24) is 10.3 Å². The summed E-state index contributed by atoms with van der Waals surface area (Å²) in [5, 5.41) is 8.37. The van der Waals surface area contributed by atoms with E-state index in [0.717, 1.165) is 36.8 Å². The van der Waals surface area contributed by atoms with E-state index >= 15 is 0 Å². The standard InChI is InChI=1S/C25H28N4O5/c1-32-22-13-19(10-11-21(22)23-15-26-16-33-23)29-24(30)28-18-7-5-6-17(12-18)14-27-25(31)34-20-8-3-2-4-9-20/h5-7,10-13,15-16,20H,2-4,8-9,14H2,1H3,(H,27,31)(H2,28,29,30). The first-order valence-electron chi connectivity index (χ1n) is 11.3. The molecule has 0 unspecified atom stereocenters. The minimum atomic E-state index is -0.411. The number of carbonyl (C=O) groups excluding carboxylic acids is 2. The number of anilines is 2. The number of urea groups is 1. The van der Waals surface area contributed by atoms with E-state index in [1.807, 2.05) is 12.1 Å². The number of carbonyl (C=O) groups is 2. The van der Waals surface area contributed by atoms with E-state index in [9.17, 15) is 9.59 Å². The molecule has 3 aromatic rings. The molecular formula is C25H28N4O5. The molecule has 4 rings (SSSR count). The van der Waals surface area contributed by atoms with Crippen molar-refractivity contribution >= 4 is 23.5 Å². The van der Waals surface area contributed by atoms with Crippen LogP contribution in [0.25, 0.3) is 11.3 Å². The lowest BCUT2D eigenvalue weighted by Crippen LogP contribution is -2.29. The quantitative estimate of drug-likeness (QED) is 0.422. The number of nitrogens with one attached hydrogen (secondary N) is 3. The van der Waals surface area contributed by atoms with Crippen molar-refractivity contribution < 1.29 is 23.5 Å². The van der Waals surface area contributed by atoms with Crippen LogP contribution in [0.4, 0.5) is 21.0 Å². The van der Waals surface area contributed by atoms with Gasteiger partial charge in [0.05, 0.1) is 18.9 Å². The molecular weight excluding hydrogens is 436 g/mol. The normalized spacial score (nSPS) is 13.7. The van der Waals surface area contributed by atoms with E-state index in [2.05, 4.69) is 20.9 Å². The predicted molar refractivity (Wildman–Crippen MR) is 128 cm³/mol. The van der Waals surface area contributed by atoms with Crippen molar-refractivity contribution in [2.45, 2.75) is 44.8 Å². The Labute approximate surface area is 197 Å². The third-order valence-corrected chi connectivity index (χ3v) is 5.60. The predicted octanol–water partition coefficient (Wildman–Crippen LogP) is 5.55. The zero-order valence-corrected chi connectivity index (χ0v) is 19.0. The summed E-state index contributed by atoms with van der Waals surface area (Å²) >= 11 is 0. The average Bonchev–Trinajstić information content (AvgIpc) is 3.38. The molecule has 178 valence electrons. The Morgan fingerprint density at radius 3 is 2.59 bits per heavy atom. The van der Waals surface area contributed by atoms with Crippen LogP contribution in [-0.4, -0.2) is 30.3 Å². The number of alkyl carbamates (subject to hydrolysis) is 1. The van der Waals surface area contributed by atoms with Gasteiger partial charge in [-0.1, -0.05) is 18.6 Å². The summed E-state index contributed by atoms with van der Waals surface area (Å²) in [7, 11) is 1.55. The second-order valence-electron chi connectivity index (χ2n) is 8.08. The van der Waals surface area contributed by atoms with Crippen LogP contribution in [0.1, 0.15) is 37.7 Å². The van der Waals surface area contributed by atoms with Gasteiger partial charge in [0, 0.05) is 24.0 Å². The summed E-state index contributed by atoms with van der Waals surface area (Å²) in [6, 6.07) is 12.1. The van der Waals surface area contributed by atoms with E-state index in [1.54, 1.807) is 43.6 Å². The van der Waals surface area contributed by atoms with E-state index in [4.69, 9.17) is 13.9 Å². The minimum absolute atomic E-state index is 0.00823. The maximum absolute atomic E-state index is 12.5. The molecule has 1 aliphatic rings. The van der Waals surface area contributed by atoms with Crippen LogP contribution in [0, 0.1) is 0 Å². The summed E-state index contributed by atoms with van der Waals surface area (Å²) < 4.78 is 16.2. The van der Waals surface area contributed by atoms with Crippen LogP contribution in [0.5, 0.6) is 5.75 Å². The molecule has 0 radical (unpaired) electrons. The fourth-order valence-corrected chi connectivity index (χ4v) is 3.92. The van der Waals surface area contributed by atoms with Crippen molar-refractivity contribution in [3.63, 3.8) is 0 Å². The molecule has 1 heterocycles. The van der Waals surface area contributed by atoms with Crippen LogP contribution < -0.4 is 20.7 Å². The van der Waals surface area contributed by atoms with Gasteiger partial charge in [-0.15, -0.1) is 0 Å². The third kappa shape index (κ3) is 6.28. The molecule has 1 aliphatic carbocycles. The molecule has 0 atom stereocenters. The SMILES string of the molecule is COc1cc(NC(=O)Nc2cccc(CNC(=O)OC3CCCCC3)c2)ccc1-c1cnco1. The Morgan fingerprint density at radius 2 is 1.85 bits per heavy atom. The Bertz CT molecular complexity index is 1110. The van der Waals surface area contributed by atoms with E-state index in [-0.39, 0.29) is 6.10 Å². The van der Waals surface area contributed by atoms with Crippen LogP contribution in [0.3, 0.4) is 0 Å². The number of benzene rings is 2. The number of oxazole rings is 1. The zero-order chi connectivity index (χ0) is 23.8. The molecule has 3 N–H and O–H groups in total. The first-order valence-corrected chi connectivity index (χ1v) is 11.3. The van der Waals surface area contributed by atoms with Crippen LogP contribution in [-0.2, 0) is 11.3 Å². The Morgan fingerprint density at radius 1 is 1.06 bits per heavy atom. The molecule has 0 bridgehead atoms. The number of methoxy groups -OCH3 is 1. The van der Waals surface area contributed by atoms with Gasteiger partial charge in [-0.3, -0.25) is 0 Å². The maximum atomic E-state index is 12.5. The highest BCUT2D eigenvalue weighted by atomic mass is 16.6. The molecule has 1 aromatic heterocycles. The second kappa shape index (κ2) is 11.2. The van der Waals surface area contributed by atoms with Gasteiger partial charge in [0.25, 0.3) is 0 Å². The Kier molecular flexibility index (Phi) is 7.64. The largest absolute Gasteiger partial charge is 0.496 e. The van der Waals surface area contributed by atoms with E-state index in [0.29, 0.717) is 29.4 Å². The van der Waals surface area contributed by atoms with Gasteiger partial charge in [-0.05, 0) is 55.5 Å². The lowest BCUT2D eigenvalue weighted by atomic mass is 9.98. The average molecular weight is 465 g/mol. The highest BCUT2D eigenvalue weighted by Gasteiger charge is 2.17. The van der Waals surface area contributed by atoms with Gasteiger partial charge in [-0.25, -0.2) is 14.6 Å². The number of ether oxygens (including phenoxy) is 2. The van der Waals surface area contributed by atoms with E-state index < -0.39 is 12.1 Å². The number of hydrogen-bond donors (Lipinski definition) is 3.